The molecule has 3 fully saturated rings. The molecule has 0 aromatic rings. The number of amides is 3. The Morgan fingerprint density at radius 1 is 1.30 bits per heavy atom. The van der Waals surface area contributed by atoms with Crippen LogP contribution in [0.25, 0.3) is 0 Å². The standard InChI is InChI=1S/C19H31N3O5/c1-3-4-5-9-21-17(25)15-19-8-7-12(27-19)13(16(24)20-2)14(19)18(26)22(15)10-6-11-23/h12-15,23H,3-11H2,1-2H3,(H,20,24)(H,21,25)/t12-,13+,14-,15?,19?/m0/s1. The van der Waals surface area contributed by atoms with Crippen LogP contribution in [-0.4, -0.2) is 72.2 Å². The number of carbonyl (C=O) groups excluding carboxylic acids is 3. The lowest BCUT2D eigenvalue weighted by atomic mass is 9.70. The first-order chi connectivity index (χ1) is 13.0. The van der Waals surface area contributed by atoms with Crippen molar-refractivity contribution in [3.63, 3.8) is 0 Å². The number of aliphatic hydroxyl groups is 1. The van der Waals surface area contributed by atoms with E-state index in [1.807, 2.05) is 0 Å². The van der Waals surface area contributed by atoms with Gasteiger partial charge in [0.2, 0.25) is 17.7 Å². The fourth-order valence-corrected chi connectivity index (χ4v) is 5.09. The first-order valence-corrected chi connectivity index (χ1v) is 10.1. The van der Waals surface area contributed by atoms with Crippen molar-refractivity contribution in [3.05, 3.63) is 0 Å². The number of fused-ring (bicyclic) bond motifs is 1. The predicted molar refractivity (Wildman–Crippen MR) is 97.6 cm³/mol. The van der Waals surface area contributed by atoms with Gasteiger partial charge in [-0.15, -0.1) is 0 Å². The molecule has 27 heavy (non-hydrogen) atoms. The summed E-state index contributed by atoms with van der Waals surface area (Å²) in [5, 5.41) is 14.8. The van der Waals surface area contributed by atoms with Crippen molar-refractivity contribution in [2.45, 2.75) is 63.2 Å². The van der Waals surface area contributed by atoms with Gasteiger partial charge in [-0.1, -0.05) is 19.8 Å². The summed E-state index contributed by atoms with van der Waals surface area (Å²) in [6.07, 6.45) is 4.34. The maximum absolute atomic E-state index is 13.2. The van der Waals surface area contributed by atoms with E-state index in [0.29, 0.717) is 25.8 Å². The Morgan fingerprint density at radius 2 is 2.07 bits per heavy atom. The van der Waals surface area contributed by atoms with Crippen LogP contribution in [0, 0.1) is 11.8 Å². The molecule has 0 radical (unpaired) electrons. The summed E-state index contributed by atoms with van der Waals surface area (Å²) in [4.78, 5) is 40.2. The number of ether oxygens (including phenoxy) is 1. The first kappa shape index (κ1) is 20.1. The van der Waals surface area contributed by atoms with Crippen LogP contribution < -0.4 is 10.6 Å². The van der Waals surface area contributed by atoms with Crippen LogP contribution in [0.15, 0.2) is 0 Å². The molecule has 3 amide bonds. The van der Waals surface area contributed by atoms with Gasteiger partial charge >= 0.3 is 0 Å². The van der Waals surface area contributed by atoms with Gasteiger partial charge in [-0.05, 0) is 25.7 Å². The molecule has 3 heterocycles. The van der Waals surface area contributed by atoms with E-state index in [2.05, 4.69) is 17.6 Å². The maximum Gasteiger partial charge on any atom is 0.245 e. The minimum Gasteiger partial charge on any atom is -0.396 e. The van der Waals surface area contributed by atoms with E-state index in [-0.39, 0.29) is 37.0 Å². The fourth-order valence-electron chi connectivity index (χ4n) is 5.09. The second kappa shape index (κ2) is 8.14. The lowest BCUT2D eigenvalue weighted by molar-refractivity contribution is -0.142. The highest BCUT2D eigenvalue weighted by Gasteiger charge is 2.74. The minimum absolute atomic E-state index is 0.0609. The molecular formula is C19H31N3O5. The quantitative estimate of drug-likeness (QED) is 0.479. The zero-order chi connectivity index (χ0) is 19.6. The summed E-state index contributed by atoms with van der Waals surface area (Å²) < 4.78 is 6.21. The molecule has 8 nitrogen and oxygen atoms in total. The molecule has 3 rings (SSSR count). The number of aliphatic hydroxyl groups excluding tert-OH is 1. The molecule has 1 spiro atoms. The number of nitrogens with zero attached hydrogens (tertiary/aromatic N) is 1. The number of unbranched alkanes of at least 4 members (excludes halogenated alkanes) is 2. The maximum atomic E-state index is 13.2. The van der Waals surface area contributed by atoms with Gasteiger partial charge < -0.3 is 25.4 Å². The van der Waals surface area contributed by atoms with Crippen molar-refractivity contribution in [1.29, 1.82) is 0 Å². The van der Waals surface area contributed by atoms with Gasteiger partial charge in [0.1, 0.15) is 11.6 Å². The Balaban J connectivity index is 1.86. The molecule has 0 aliphatic carbocycles. The molecule has 3 N–H and O–H groups in total. The van der Waals surface area contributed by atoms with Crippen LogP contribution in [-0.2, 0) is 19.1 Å². The molecule has 3 aliphatic heterocycles. The zero-order valence-electron chi connectivity index (χ0n) is 16.2. The number of hydrogen-bond acceptors (Lipinski definition) is 5. The van der Waals surface area contributed by atoms with Crippen LogP contribution in [0.3, 0.4) is 0 Å². The van der Waals surface area contributed by atoms with Gasteiger partial charge in [0.05, 0.1) is 17.9 Å². The average molecular weight is 381 g/mol. The van der Waals surface area contributed by atoms with Crippen LogP contribution in [0.4, 0.5) is 0 Å². The SMILES string of the molecule is CCCCCNC(=O)C1N(CCCO)C(=O)[C@@H]2[C@H](C(=O)NC)[C@@H]3CCC12O3. The van der Waals surface area contributed by atoms with Crippen molar-refractivity contribution in [1.82, 2.24) is 15.5 Å². The monoisotopic (exact) mass is 381 g/mol. The lowest BCUT2D eigenvalue weighted by Gasteiger charge is -2.33. The lowest BCUT2D eigenvalue weighted by Crippen LogP contribution is -2.55. The van der Waals surface area contributed by atoms with E-state index in [0.717, 1.165) is 19.3 Å². The van der Waals surface area contributed by atoms with E-state index in [1.54, 1.807) is 7.05 Å². The molecule has 3 aliphatic rings. The van der Waals surface area contributed by atoms with E-state index >= 15 is 0 Å². The molecule has 2 bridgehead atoms. The second-order valence-electron chi connectivity index (χ2n) is 7.78. The summed E-state index contributed by atoms with van der Waals surface area (Å²) in [5.74, 6) is -1.79. The molecule has 0 saturated carbocycles. The molecule has 152 valence electrons. The molecule has 0 aromatic heterocycles. The minimum atomic E-state index is -0.927. The van der Waals surface area contributed by atoms with Crippen molar-refractivity contribution < 1.29 is 24.2 Å². The van der Waals surface area contributed by atoms with Gasteiger partial charge in [-0.3, -0.25) is 14.4 Å². The van der Waals surface area contributed by atoms with Gasteiger partial charge in [0.15, 0.2) is 0 Å². The van der Waals surface area contributed by atoms with E-state index < -0.39 is 23.5 Å². The molecular weight excluding hydrogens is 350 g/mol. The highest BCUT2D eigenvalue weighted by Crippen LogP contribution is 2.58. The van der Waals surface area contributed by atoms with Crippen molar-refractivity contribution in [2.24, 2.45) is 11.8 Å². The molecule has 5 atom stereocenters. The average Bonchev–Trinajstić information content (AvgIpc) is 3.30. The number of rotatable bonds is 9. The number of likely N-dealkylation sites (tertiary alicyclic amines) is 1. The molecule has 0 aromatic carbocycles. The van der Waals surface area contributed by atoms with Gasteiger partial charge in [0.25, 0.3) is 0 Å². The summed E-state index contributed by atoms with van der Waals surface area (Å²) in [6.45, 7) is 2.89. The third kappa shape index (κ3) is 3.23. The van der Waals surface area contributed by atoms with Gasteiger partial charge in [0, 0.05) is 26.7 Å². The Hall–Kier alpha value is -1.67. The van der Waals surface area contributed by atoms with E-state index in [9.17, 15) is 19.5 Å². The van der Waals surface area contributed by atoms with Crippen molar-refractivity contribution in [3.8, 4) is 0 Å². The predicted octanol–water partition coefficient (Wildman–Crippen LogP) is -0.204. The molecule has 3 saturated heterocycles. The van der Waals surface area contributed by atoms with Crippen LogP contribution >= 0.6 is 0 Å². The Kier molecular flexibility index (Phi) is 6.05. The normalized spacial score (nSPS) is 34.0. The second-order valence-corrected chi connectivity index (χ2v) is 7.78. The Bertz CT molecular complexity index is 598. The van der Waals surface area contributed by atoms with Gasteiger partial charge in [-0.2, -0.15) is 0 Å². The highest BCUT2D eigenvalue weighted by atomic mass is 16.5. The van der Waals surface area contributed by atoms with Crippen LogP contribution in [0.2, 0.25) is 0 Å². The third-order valence-corrected chi connectivity index (χ3v) is 6.23. The van der Waals surface area contributed by atoms with Crippen LogP contribution in [0.5, 0.6) is 0 Å². The molecule has 8 heteroatoms. The fraction of sp³-hybridized carbons (Fsp3) is 0.842. The topological polar surface area (TPSA) is 108 Å². The highest BCUT2D eigenvalue weighted by molar-refractivity contribution is 5.98. The van der Waals surface area contributed by atoms with E-state index in [4.69, 9.17) is 4.74 Å². The number of hydrogen-bond donors (Lipinski definition) is 3. The summed E-state index contributed by atoms with van der Waals surface area (Å²) in [5.41, 5.74) is -0.927. The van der Waals surface area contributed by atoms with E-state index in [1.165, 1.54) is 4.90 Å². The smallest absolute Gasteiger partial charge is 0.245 e. The van der Waals surface area contributed by atoms with Crippen LogP contribution in [0.1, 0.15) is 45.4 Å². The third-order valence-electron chi connectivity index (χ3n) is 6.23. The summed E-state index contributed by atoms with van der Waals surface area (Å²) >= 11 is 0. The largest absolute Gasteiger partial charge is 0.396 e. The summed E-state index contributed by atoms with van der Waals surface area (Å²) in [7, 11) is 1.56. The summed E-state index contributed by atoms with van der Waals surface area (Å²) in [6, 6.07) is -0.733. The number of carbonyl (C=O) groups is 3. The van der Waals surface area contributed by atoms with Gasteiger partial charge in [-0.25, -0.2) is 0 Å². The van der Waals surface area contributed by atoms with Crippen molar-refractivity contribution in [2.75, 3.05) is 26.7 Å². The Morgan fingerprint density at radius 3 is 2.74 bits per heavy atom. The van der Waals surface area contributed by atoms with Crippen molar-refractivity contribution >= 4 is 17.7 Å². The molecule has 2 unspecified atom stereocenters. The zero-order valence-corrected chi connectivity index (χ0v) is 16.2. The number of nitrogens with one attached hydrogen (secondary N) is 2. The first-order valence-electron chi connectivity index (χ1n) is 10.1. The Labute approximate surface area is 160 Å².